The molecular formula is C13H26N2O. The van der Waals surface area contributed by atoms with E-state index in [0.717, 1.165) is 38.6 Å². The molecule has 16 heavy (non-hydrogen) atoms. The van der Waals surface area contributed by atoms with Gasteiger partial charge in [0.15, 0.2) is 0 Å². The molecule has 0 aliphatic heterocycles. The molecule has 0 spiro atoms. The van der Waals surface area contributed by atoms with Gasteiger partial charge in [-0.3, -0.25) is 4.79 Å². The quantitative estimate of drug-likeness (QED) is 0.654. The molecule has 3 nitrogen and oxygen atoms in total. The fraction of sp³-hybridized carbons (Fsp3) is 0.923. The van der Waals surface area contributed by atoms with Crippen LogP contribution in [0.25, 0.3) is 0 Å². The zero-order chi connectivity index (χ0) is 11.9. The Bertz CT molecular complexity index is 210. The van der Waals surface area contributed by atoms with Gasteiger partial charge >= 0.3 is 0 Å². The predicted octanol–water partition coefficient (Wildman–Crippen LogP) is 2.20. The number of rotatable bonds is 7. The third-order valence-corrected chi connectivity index (χ3v) is 3.75. The normalized spacial score (nSPS) is 18.6. The van der Waals surface area contributed by atoms with Gasteiger partial charge < -0.3 is 11.1 Å². The molecule has 0 aromatic carbocycles. The summed E-state index contributed by atoms with van der Waals surface area (Å²) in [5.74, 6) is 0.198. The van der Waals surface area contributed by atoms with E-state index in [1.165, 1.54) is 19.3 Å². The Morgan fingerprint density at radius 3 is 2.50 bits per heavy atom. The van der Waals surface area contributed by atoms with Gasteiger partial charge in [0.1, 0.15) is 0 Å². The monoisotopic (exact) mass is 226 g/mol. The number of amides is 1. The maximum Gasteiger partial charge on any atom is 0.227 e. The number of nitrogens with one attached hydrogen (secondary N) is 1. The zero-order valence-corrected chi connectivity index (χ0v) is 10.6. The van der Waals surface area contributed by atoms with Gasteiger partial charge in [0, 0.05) is 13.1 Å². The number of hydrogen-bond acceptors (Lipinski definition) is 2. The molecule has 1 amide bonds. The van der Waals surface area contributed by atoms with Crippen molar-refractivity contribution in [1.82, 2.24) is 5.32 Å². The molecule has 94 valence electrons. The van der Waals surface area contributed by atoms with Gasteiger partial charge in [-0.25, -0.2) is 0 Å². The lowest BCUT2D eigenvalue weighted by Gasteiger charge is -2.25. The highest BCUT2D eigenvalue weighted by Gasteiger charge is 2.39. The van der Waals surface area contributed by atoms with Gasteiger partial charge in [0.05, 0.1) is 5.41 Å². The molecule has 1 rings (SSSR count). The lowest BCUT2D eigenvalue weighted by atomic mass is 9.85. The van der Waals surface area contributed by atoms with E-state index in [2.05, 4.69) is 12.2 Å². The Labute approximate surface area is 99.2 Å². The van der Waals surface area contributed by atoms with Gasteiger partial charge in [-0.2, -0.15) is 0 Å². The first-order chi connectivity index (χ1) is 7.75. The van der Waals surface area contributed by atoms with Crippen molar-refractivity contribution in [3.63, 3.8) is 0 Å². The van der Waals surface area contributed by atoms with Crippen LogP contribution in [0.2, 0.25) is 0 Å². The van der Waals surface area contributed by atoms with Crippen LogP contribution in [0.1, 0.15) is 58.3 Å². The summed E-state index contributed by atoms with van der Waals surface area (Å²) in [6.07, 6.45) is 9.07. The van der Waals surface area contributed by atoms with Crippen LogP contribution in [-0.4, -0.2) is 19.0 Å². The smallest absolute Gasteiger partial charge is 0.227 e. The van der Waals surface area contributed by atoms with Crippen LogP contribution in [0.4, 0.5) is 0 Å². The van der Waals surface area contributed by atoms with Crippen LogP contribution in [0.3, 0.4) is 0 Å². The fourth-order valence-corrected chi connectivity index (χ4v) is 2.52. The van der Waals surface area contributed by atoms with E-state index in [1.54, 1.807) is 0 Å². The van der Waals surface area contributed by atoms with E-state index >= 15 is 0 Å². The van der Waals surface area contributed by atoms with Crippen molar-refractivity contribution in [2.24, 2.45) is 11.1 Å². The molecule has 0 radical (unpaired) electrons. The van der Waals surface area contributed by atoms with Crippen molar-refractivity contribution in [1.29, 1.82) is 0 Å². The zero-order valence-electron chi connectivity index (χ0n) is 10.6. The first-order valence-electron chi connectivity index (χ1n) is 6.73. The summed E-state index contributed by atoms with van der Waals surface area (Å²) in [5.41, 5.74) is 5.53. The van der Waals surface area contributed by atoms with E-state index in [-0.39, 0.29) is 11.3 Å². The van der Waals surface area contributed by atoms with Crippen LogP contribution in [0.5, 0.6) is 0 Å². The minimum atomic E-state index is -0.231. The van der Waals surface area contributed by atoms with Crippen molar-refractivity contribution in [3.05, 3.63) is 0 Å². The molecule has 0 aromatic rings. The molecule has 1 aliphatic carbocycles. The predicted molar refractivity (Wildman–Crippen MR) is 67.1 cm³/mol. The molecule has 0 heterocycles. The van der Waals surface area contributed by atoms with Gasteiger partial charge in [0.2, 0.25) is 5.91 Å². The molecule has 0 atom stereocenters. The van der Waals surface area contributed by atoms with Crippen molar-refractivity contribution >= 4 is 5.91 Å². The van der Waals surface area contributed by atoms with Crippen LogP contribution < -0.4 is 11.1 Å². The van der Waals surface area contributed by atoms with Crippen molar-refractivity contribution < 1.29 is 4.79 Å². The van der Waals surface area contributed by atoms with Crippen LogP contribution >= 0.6 is 0 Å². The number of carbonyl (C=O) groups excluding carboxylic acids is 1. The maximum absolute atomic E-state index is 12.0. The van der Waals surface area contributed by atoms with Crippen molar-refractivity contribution in [3.8, 4) is 0 Å². The first kappa shape index (κ1) is 13.5. The summed E-state index contributed by atoms with van der Waals surface area (Å²) < 4.78 is 0. The SMILES string of the molecule is CCCCCCNC(=O)C1(CN)CCCC1. The molecule has 0 bridgehead atoms. The van der Waals surface area contributed by atoms with Gasteiger partial charge in [-0.1, -0.05) is 39.0 Å². The summed E-state index contributed by atoms with van der Waals surface area (Å²) >= 11 is 0. The number of unbranched alkanes of at least 4 members (excludes halogenated alkanes) is 3. The standard InChI is InChI=1S/C13H26N2O/c1-2-3-4-7-10-15-12(16)13(11-14)8-5-6-9-13/h2-11,14H2,1H3,(H,15,16). The number of carbonyl (C=O) groups is 1. The average molecular weight is 226 g/mol. The second-order valence-corrected chi connectivity index (χ2v) is 5.01. The van der Waals surface area contributed by atoms with Crippen LogP contribution in [0.15, 0.2) is 0 Å². The average Bonchev–Trinajstić information content (AvgIpc) is 2.78. The minimum absolute atomic E-state index is 0.198. The lowest BCUT2D eigenvalue weighted by Crippen LogP contribution is -2.44. The molecule has 1 fully saturated rings. The number of nitrogens with two attached hydrogens (primary N) is 1. The molecule has 0 aromatic heterocycles. The molecule has 0 unspecified atom stereocenters. The summed E-state index contributed by atoms with van der Waals surface area (Å²) in [5, 5.41) is 3.06. The summed E-state index contributed by atoms with van der Waals surface area (Å²) in [6, 6.07) is 0. The van der Waals surface area contributed by atoms with E-state index in [0.29, 0.717) is 6.54 Å². The fourth-order valence-electron chi connectivity index (χ4n) is 2.52. The Morgan fingerprint density at radius 1 is 1.25 bits per heavy atom. The molecule has 3 N–H and O–H groups in total. The lowest BCUT2D eigenvalue weighted by molar-refractivity contribution is -0.130. The maximum atomic E-state index is 12.0. The second-order valence-electron chi connectivity index (χ2n) is 5.01. The van der Waals surface area contributed by atoms with Crippen molar-refractivity contribution in [2.75, 3.05) is 13.1 Å². The third kappa shape index (κ3) is 3.48. The second kappa shape index (κ2) is 6.89. The van der Waals surface area contributed by atoms with Crippen molar-refractivity contribution in [2.45, 2.75) is 58.3 Å². The van der Waals surface area contributed by atoms with Gasteiger partial charge in [-0.15, -0.1) is 0 Å². The summed E-state index contributed by atoms with van der Waals surface area (Å²) in [4.78, 5) is 12.0. The highest BCUT2D eigenvalue weighted by Crippen LogP contribution is 2.37. The number of hydrogen-bond donors (Lipinski definition) is 2. The highest BCUT2D eigenvalue weighted by atomic mass is 16.2. The largest absolute Gasteiger partial charge is 0.356 e. The van der Waals surface area contributed by atoms with Gasteiger partial charge in [-0.05, 0) is 19.3 Å². The highest BCUT2D eigenvalue weighted by molar-refractivity contribution is 5.83. The molecule has 0 saturated heterocycles. The Kier molecular flexibility index (Phi) is 5.81. The van der Waals surface area contributed by atoms with E-state index in [9.17, 15) is 4.79 Å². The molecule has 3 heteroatoms. The molecule has 1 aliphatic rings. The Hall–Kier alpha value is -0.570. The van der Waals surface area contributed by atoms with E-state index < -0.39 is 0 Å². The Balaban J connectivity index is 2.22. The molecular weight excluding hydrogens is 200 g/mol. The van der Waals surface area contributed by atoms with Gasteiger partial charge in [0.25, 0.3) is 0 Å². The topological polar surface area (TPSA) is 55.1 Å². The van der Waals surface area contributed by atoms with E-state index in [4.69, 9.17) is 5.73 Å². The summed E-state index contributed by atoms with van der Waals surface area (Å²) in [7, 11) is 0. The minimum Gasteiger partial charge on any atom is -0.356 e. The first-order valence-corrected chi connectivity index (χ1v) is 6.73. The third-order valence-electron chi connectivity index (χ3n) is 3.75. The Morgan fingerprint density at radius 2 is 1.94 bits per heavy atom. The van der Waals surface area contributed by atoms with Crippen LogP contribution in [0, 0.1) is 5.41 Å². The summed E-state index contributed by atoms with van der Waals surface area (Å²) in [6.45, 7) is 3.52. The van der Waals surface area contributed by atoms with Crippen LogP contribution in [-0.2, 0) is 4.79 Å². The molecule has 1 saturated carbocycles. The van der Waals surface area contributed by atoms with E-state index in [1.807, 2.05) is 0 Å².